The number of aromatic nitrogens is 1. The van der Waals surface area contributed by atoms with Gasteiger partial charge in [-0.3, -0.25) is 0 Å². The summed E-state index contributed by atoms with van der Waals surface area (Å²) in [6, 6.07) is 8.22. The minimum atomic E-state index is 0. The molecular formula is C11H13ClN2S. The summed E-state index contributed by atoms with van der Waals surface area (Å²) in [5.74, 6) is 0. The van der Waals surface area contributed by atoms with E-state index >= 15 is 0 Å². The molecule has 80 valence electrons. The van der Waals surface area contributed by atoms with Crippen LogP contribution in [0.5, 0.6) is 0 Å². The van der Waals surface area contributed by atoms with Crippen molar-refractivity contribution >= 4 is 23.7 Å². The molecule has 0 saturated heterocycles. The van der Waals surface area contributed by atoms with Crippen molar-refractivity contribution < 1.29 is 0 Å². The van der Waals surface area contributed by atoms with E-state index in [2.05, 4.69) is 22.5 Å². The molecule has 15 heavy (non-hydrogen) atoms. The summed E-state index contributed by atoms with van der Waals surface area (Å²) < 4.78 is 0. The van der Waals surface area contributed by atoms with Crippen molar-refractivity contribution in [2.75, 3.05) is 0 Å². The van der Waals surface area contributed by atoms with Gasteiger partial charge in [0, 0.05) is 23.2 Å². The highest BCUT2D eigenvalue weighted by atomic mass is 35.5. The number of aryl methyl sites for hydroxylation is 1. The molecule has 0 aliphatic heterocycles. The van der Waals surface area contributed by atoms with E-state index in [0.717, 1.165) is 21.8 Å². The van der Waals surface area contributed by atoms with Gasteiger partial charge in [-0.1, -0.05) is 18.2 Å². The van der Waals surface area contributed by atoms with Gasteiger partial charge in [0.05, 0.1) is 0 Å². The molecule has 2 N–H and O–H groups in total. The molecule has 0 radical (unpaired) electrons. The van der Waals surface area contributed by atoms with Gasteiger partial charge in [0.1, 0.15) is 5.01 Å². The molecule has 1 heterocycles. The van der Waals surface area contributed by atoms with Crippen LogP contribution in [0.1, 0.15) is 11.3 Å². The Morgan fingerprint density at radius 3 is 2.80 bits per heavy atom. The normalized spacial score (nSPS) is 9.73. The van der Waals surface area contributed by atoms with Crippen LogP contribution < -0.4 is 5.73 Å². The number of thiazole rings is 1. The molecule has 0 atom stereocenters. The standard InChI is InChI=1S/C11H12N2S.ClH/c1-8-7-14-11(13-8)10-4-2-3-9(5-10)6-12;/h2-5,7H,6,12H2,1H3;1H. The van der Waals surface area contributed by atoms with Gasteiger partial charge in [-0.2, -0.15) is 0 Å². The zero-order valence-corrected chi connectivity index (χ0v) is 10.1. The van der Waals surface area contributed by atoms with E-state index in [-0.39, 0.29) is 12.4 Å². The molecule has 0 fully saturated rings. The molecule has 2 nitrogen and oxygen atoms in total. The maximum Gasteiger partial charge on any atom is 0.123 e. The fourth-order valence-electron chi connectivity index (χ4n) is 1.32. The van der Waals surface area contributed by atoms with Crippen LogP contribution in [0.2, 0.25) is 0 Å². The Hall–Kier alpha value is -0.900. The monoisotopic (exact) mass is 240 g/mol. The first kappa shape index (κ1) is 12.2. The first-order valence-corrected chi connectivity index (χ1v) is 5.39. The fourth-order valence-corrected chi connectivity index (χ4v) is 2.11. The van der Waals surface area contributed by atoms with Crippen molar-refractivity contribution in [3.05, 3.63) is 40.9 Å². The molecule has 0 aliphatic carbocycles. The quantitative estimate of drug-likeness (QED) is 0.877. The highest BCUT2D eigenvalue weighted by Crippen LogP contribution is 2.23. The molecule has 0 amide bonds. The SMILES string of the molecule is Cc1csc(-c2cccc(CN)c2)n1.Cl. The van der Waals surface area contributed by atoms with Crippen LogP contribution in [0.4, 0.5) is 0 Å². The number of hydrogen-bond donors (Lipinski definition) is 1. The summed E-state index contributed by atoms with van der Waals surface area (Å²) in [6.45, 7) is 2.59. The third-order valence-electron chi connectivity index (χ3n) is 2.03. The summed E-state index contributed by atoms with van der Waals surface area (Å²) in [4.78, 5) is 4.43. The molecule has 1 aromatic carbocycles. The van der Waals surface area contributed by atoms with Crippen LogP contribution in [0.25, 0.3) is 10.6 Å². The Morgan fingerprint density at radius 2 is 2.20 bits per heavy atom. The topological polar surface area (TPSA) is 38.9 Å². The van der Waals surface area contributed by atoms with Gasteiger partial charge >= 0.3 is 0 Å². The maximum absolute atomic E-state index is 5.58. The minimum Gasteiger partial charge on any atom is -0.326 e. The molecule has 4 heteroatoms. The first-order valence-electron chi connectivity index (χ1n) is 4.51. The lowest BCUT2D eigenvalue weighted by Crippen LogP contribution is -1.95. The largest absolute Gasteiger partial charge is 0.326 e. The maximum atomic E-state index is 5.58. The van der Waals surface area contributed by atoms with Gasteiger partial charge in [-0.15, -0.1) is 23.7 Å². The number of halogens is 1. The summed E-state index contributed by atoms with van der Waals surface area (Å²) in [6.07, 6.45) is 0. The van der Waals surface area contributed by atoms with Crippen molar-refractivity contribution in [3.8, 4) is 10.6 Å². The van der Waals surface area contributed by atoms with Crippen LogP contribution in [0, 0.1) is 6.92 Å². The van der Waals surface area contributed by atoms with Gasteiger partial charge < -0.3 is 5.73 Å². The van der Waals surface area contributed by atoms with Crippen LogP contribution in [-0.4, -0.2) is 4.98 Å². The van der Waals surface area contributed by atoms with Crippen molar-refractivity contribution in [1.29, 1.82) is 0 Å². The molecule has 0 spiro atoms. The van der Waals surface area contributed by atoms with Gasteiger partial charge in [0.15, 0.2) is 0 Å². The Kier molecular flexibility index (Phi) is 4.27. The third kappa shape index (κ3) is 2.78. The second-order valence-corrected chi connectivity index (χ2v) is 4.06. The summed E-state index contributed by atoms with van der Waals surface area (Å²) in [7, 11) is 0. The predicted molar refractivity (Wildman–Crippen MR) is 67.4 cm³/mol. The number of benzene rings is 1. The van der Waals surface area contributed by atoms with Crippen molar-refractivity contribution in [2.24, 2.45) is 5.73 Å². The lowest BCUT2D eigenvalue weighted by atomic mass is 10.1. The van der Waals surface area contributed by atoms with Crippen molar-refractivity contribution in [3.63, 3.8) is 0 Å². The van der Waals surface area contributed by atoms with E-state index < -0.39 is 0 Å². The van der Waals surface area contributed by atoms with E-state index in [1.54, 1.807) is 11.3 Å². The molecule has 0 saturated carbocycles. The lowest BCUT2D eigenvalue weighted by Gasteiger charge is -1.99. The molecule has 0 aliphatic rings. The summed E-state index contributed by atoms with van der Waals surface area (Å²) in [5.41, 5.74) is 8.96. The Morgan fingerprint density at radius 1 is 1.40 bits per heavy atom. The zero-order valence-electron chi connectivity index (χ0n) is 8.43. The predicted octanol–water partition coefficient (Wildman–Crippen LogP) is 3.00. The molecule has 1 aromatic heterocycles. The summed E-state index contributed by atoms with van der Waals surface area (Å²) >= 11 is 1.67. The van der Waals surface area contributed by atoms with Crippen LogP contribution >= 0.6 is 23.7 Å². The van der Waals surface area contributed by atoms with Crippen LogP contribution in [-0.2, 0) is 6.54 Å². The van der Waals surface area contributed by atoms with Crippen molar-refractivity contribution in [1.82, 2.24) is 4.98 Å². The van der Waals surface area contributed by atoms with Crippen LogP contribution in [0.15, 0.2) is 29.6 Å². The highest BCUT2D eigenvalue weighted by molar-refractivity contribution is 7.13. The molecule has 0 unspecified atom stereocenters. The van der Waals surface area contributed by atoms with Gasteiger partial charge in [-0.25, -0.2) is 4.98 Å². The Balaban J connectivity index is 0.00000112. The zero-order chi connectivity index (χ0) is 9.97. The highest BCUT2D eigenvalue weighted by Gasteiger charge is 2.02. The smallest absolute Gasteiger partial charge is 0.123 e. The van der Waals surface area contributed by atoms with E-state index in [1.165, 1.54) is 0 Å². The number of nitrogens with zero attached hydrogens (tertiary/aromatic N) is 1. The average molecular weight is 241 g/mol. The number of nitrogens with two attached hydrogens (primary N) is 1. The number of rotatable bonds is 2. The third-order valence-corrected chi connectivity index (χ3v) is 3.04. The Bertz CT molecular complexity index is 440. The Labute approximate surface area is 99.6 Å². The second kappa shape index (κ2) is 5.26. The van der Waals surface area contributed by atoms with E-state index in [4.69, 9.17) is 5.73 Å². The summed E-state index contributed by atoms with van der Waals surface area (Å²) in [5, 5.41) is 3.13. The second-order valence-electron chi connectivity index (χ2n) is 3.20. The fraction of sp³-hybridized carbons (Fsp3) is 0.182. The molecule has 2 aromatic rings. The average Bonchev–Trinajstić information content (AvgIpc) is 2.65. The first-order chi connectivity index (χ1) is 6.79. The molecule has 2 rings (SSSR count). The lowest BCUT2D eigenvalue weighted by molar-refractivity contribution is 1.07. The van der Waals surface area contributed by atoms with E-state index in [0.29, 0.717) is 6.54 Å². The minimum absolute atomic E-state index is 0. The molecular weight excluding hydrogens is 228 g/mol. The van der Waals surface area contributed by atoms with E-state index in [1.807, 2.05) is 19.1 Å². The number of hydrogen-bond acceptors (Lipinski definition) is 3. The van der Waals surface area contributed by atoms with Gasteiger partial charge in [0.2, 0.25) is 0 Å². The van der Waals surface area contributed by atoms with Crippen molar-refractivity contribution in [2.45, 2.75) is 13.5 Å². The van der Waals surface area contributed by atoms with Gasteiger partial charge in [-0.05, 0) is 18.6 Å². The van der Waals surface area contributed by atoms with Crippen LogP contribution in [0.3, 0.4) is 0 Å². The molecule has 0 bridgehead atoms. The van der Waals surface area contributed by atoms with Gasteiger partial charge in [0.25, 0.3) is 0 Å². The van der Waals surface area contributed by atoms with E-state index in [9.17, 15) is 0 Å².